The molecule has 1 heterocycles. The molecule has 0 saturated heterocycles. The third-order valence-corrected chi connectivity index (χ3v) is 2.50. The quantitative estimate of drug-likeness (QED) is 0.634. The molecule has 0 saturated carbocycles. The van der Waals surface area contributed by atoms with Crippen molar-refractivity contribution in [2.24, 2.45) is 5.73 Å². The summed E-state index contributed by atoms with van der Waals surface area (Å²) in [6, 6.07) is 7.98. The normalized spacial score (nSPS) is 13.3. The zero-order chi connectivity index (χ0) is 10.1. The topological polar surface area (TPSA) is 67.8 Å². The first-order valence-electron chi connectivity index (χ1n) is 4.84. The second-order valence-electron chi connectivity index (χ2n) is 3.59. The molecule has 0 aliphatic rings. The average Bonchev–Trinajstić information content (AvgIpc) is 2.59. The van der Waals surface area contributed by atoms with Gasteiger partial charge < -0.3 is 16.5 Å². The Morgan fingerprint density at radius 2 is 2.14 bits per heavy atom. The predicted molar refractivity (Wildman–Crippen MR) is 59.9 cm³/mol. The molecule has 0 fully saturated rings. The van der Waals surface area contributed by atoms with Crippen molar-refractivity contribution in [2.75, 3.05) is 5.73 Å². The highest BCUT2D eigenvalue weighted by molar-refractivity contribution is 5.83. The van der Waals surface area contributed by atoms with Crippen LogP contribution in [0.3, 0.4) is 0 Å². The highest BCUT2D eigenvalue weighted by Gasteiger charge is 2.06. The van der Waals surface area contributed by atoms with E-state index in [-0.39, 0.29) is 6.04 Å². The minimum absolute atomic E-state index is 0.0867. The Morgan fingerprint density at radius 3 is 2.86 bits per heavy atom. The number of aromatic nitrogens is 1. The van der Waals surface area contributed by atoms with Crippen molar-refractivity contribution in [3.63, 3.8) is 0 Å². The van der Waals surface area contributed by atoms with E-state index in [1.54, 1.807) is 0 Å². The molecule has 0 spiro atoms. The Labute approximate surface area is 83.1 Å². The highest BCUT2D eigenvalue weighted by Crippen LogP contribution is 2.22. The van der Waals surface area contributed by atoms with Crippen LogP contribution in [-0.4, -0.2) is 4.98 Å². The van der Waals surface area contributed by atoms with Crippen molar-refractivity contribution in [1.29, 1.82) is 0 Å². The first kappa shape index (κ1) is 9.09. The largest absolute Gasteiger partial charge is 0.399 e. The molecule has 0 aliphatic heterocycles. The summed E-state index contributed by atoms with van der Waals surface area (Å²) in [6.45, 7) is 2.07. The summed E-state index contributed by atoms with van der Waals surface area (Å²) in [4.78, 5) is 3.29. The van der Waals surface area contributed by atoms with Gasteiger partial charge in [-0.05, 0) is 30.7 Å². The Morgan fingerprint density at radius 1 is 1.36 bits per heavy atom. The maximum Gasteiger partial charge on any atom is 0.0458 e. The summed E-state index contributed by atoms with van der Waals surface area (Å²) < 4.78 is 0. The van der Waals surface area contributed by atoms with E-state index in [0.717, 1.165) is 28.7 Å². The van der Waals surface area contributed by atoms with Crippen LogP contribution in [0.1, 0.15) is 25.1 Å². The maximum absolute atomic E-state index is 5.93. The van der Waals surface area contributed by atoms with E-state index in [0.29, 0.717) is 0 Å². The third-order valence-electron chi connectivity index (χ3n) is 2.50. The lowest BCUT2D eigenvalue weighted by Gasteiger charge is -2.03. The van der Waals surface area contributed by atoms with Gasteiger partial charge in [0.2, 0.25) is 0 Å². The van der Waals surface area contributed by atoms with Gasteiger partial charge in [0.25, 0.3) is 0 Å². The smallest absolute Gasteiger partial charge is 0.0458 e. The van der Waals surface area contributed by atoms with Crippen LogP contribution in [0.4, 0.5) is 5.69 Å². The van der Waals surface area contributed by atoms with Crippen LogP contribution in [-0.2, 0) is 0 Å². The number of nitrogens with one attached hydrogen (secondary N) is 1. The zero-order valence-electron chi connectivity index (χ0n) is 8.25. The predicted octanol–water partition coefficient (Wildman–Crippen LogP) is 2.16. The Balaban J connectivity index is 2.51. The molecule has 14 heavy (non-hydrogen) atoms. The lowest BCUT2D eigenvalue weighted by atomic mass is 10.1. The molecule has 74 valence electrons. The molecule has 2 rings (SSSR count). The van der Waals surface area contributed by atoms with Gasteiger partial charge >= 0.3 is 0 Å². The van der Waals surface area contributed by atoms with E-state index in [9.17, 15) is 0 Å². The van der Waals surface area contributed by atoms with Crippen molar-refractivity contribution in [1.82, 2.24) is 4.98 Å². The molecule has 5 N–H and O–H groups in total. The number of fused-ring (bicyclic) bond motifs is 1. The fourth-order valence-electron chi connectivity index (χ4n) is 1.59. The fourth-order valence-corrected chi connectivity index (χ4v) is 1.59. The summed E-state index contributed by atoms with van der Waals surface area (Å²) >= 11 is 0. The Bertz CT molecular complexity index is 445. The van der Waals surface area contributed by atoms with Gasteiger partial charge in [-0.3, -0.25) is 0 Å². The van der Waals surface area contributed by atoms with Crippen LogP contribution in [0.2, 0.25) is 0 Å². The molecule has 0 amide bonds. The summed E-state index contributed by atoms with van der Waals surface area (Å²) in [6.07, 6.45) is 0.933. The number of nitrogens with two attached hydrogens (primary N) is 2. The summed E-state index contributed by atoms with van der Waals surface area (Å²) in [7, 11) is 0. The van der Waals surface area contributed by atoms with Gasteiger partial charge in [0.15, 0.2) is 0 Å². The van der Waals surface area contributed by atoms with E-state index in [1.165, 1.54) is 0 Å². The summed E-state index contributed by atoms with van der Waals surface area (Å²) in [5.74, 6) is 0. The highest BCUT2D eigenvalue weighted by atomic mass is 14.8. The molecule has 0 bridgehead atoms. The van der Waals surface area contributed by atoms with E-state index in [2.05, 4.69) is 18.0 Å². The number of nitrogen functional groups attached to an aromatic ring is 1. The second-order valence-corrected chi connectivity index (χ2v) is 3.59. The number of hydrogen-bond donors (Lipinski definition) is 3. The van der Waals surface area contributed by atoms with Gasteiger partial charge in [0.1, 0.15) is 0 Å². The summed E-state index contributed by atoms with van der Waals surface area (Å²) in [5.41, 5.74) is 14.6. The molecule has 1 aromatic heterocycles. The SMILES string of the molecule is CC[C@@H](N)c1cc2cc(N)ccc2[nH]1. The van der Waals surface area contributed by atoms with Gasteiger partial charge in [0, 0.05) is 28.3 Å². The molecular weight excluding hydrogens is 174 g/mol. The van der Waals surface area contributed by atoms with Crippen molar-refractivity contribution in [3.05, 3.63) is 30.0 Å². The fraction of sp³-hybridized carbons (Fsp3) is 0.273. The molecule has 3 heteroatoms. The van der Waals surface area contributed by atoms with E-state index < -0.39 is 0 Å². The maximum atomic E-state index is 5.93. The van der Waals surface area contributed by atoms with Crippen molar-refractivity contribution >= 4 is 16.6 Å². The molecule has 3 nitrogen and oxygen atoms in total. The first-order valence-corrected chi connectivity index (χ1v) is 4.84. The van der Waals surface area contributed by atoms with Crippen LogP contribution in [0.25, 0.3) is 10.9 Å². The molecule has 2 aromatic rings. The number of hydrogen-bond acceptors (Lipinski definition) is 2. The van der Waals surface area contributed by atoms with Gasteiger partial charge in [-0.2, -0.15) is 0 Å². The monoisotopic (exact) mass is 189 g/mol. The van der Waals surface area contributed by atoms with Crippen molar-refractivity contribution < 1.29 is 0 Å². The summed E-state index contributed by atoms with van der Waals surface area (Å²) in [5, 5.41) is 1.13. The minimum Gasteiger partial charge on any atom is -0.399 e. The van der Waals surface area contributed by atoms with E-state index >= 15 is 0 Å². The third kappa shape index (κ3) is 1.46. The lowest BCUT2D eigenvalue weighted by molar-refractivity contribution is 0.682. The molecular formula is C11H15N3. The number of anilines is 1. The number of rotatable bonds is 2. The standard InChI is InChI=1S/C11H15N3/c1-2-9(13)11-6-7-5-8(12)3-4-10(7)14-11/h3-6,9,14H,2,12-13H2,1H3/t9-/m1/s1. The van der Waals surface area contributed by atoms with E-state index in [4.69, 9.17) is 11.5 Å². The van der Waals surface area contributed by atoms with Crippen LogP contribution in [0, 0.1) is 0 Å². The number of benzene rings is 1. The molecule has 1 aromatic carbocycles. The van der Waals surface area contributed by atoms with Crippen LogP contribution in [0.5, 0.6) is 0 Å². The molecule has 0 unspecified atom stereocenters. The van der Waals surface area contributed by atoms with E-state index in [1.807, 2.05) is 18.2 Å². The van der Waals surface area contributed by atoms with Crippen LogP contribution >= 0.6 is 0 Å². The number of H-pyrrole nitrogens is 1. The molecule has 0 radical (unpaired) electrons. The molecule has 0 aliphatic carbocycles. The van der Waals surface area contributed by atoms with Crippen molar-refractivity contribution in [2.45, 2.75) is 19.4 Å². The zero-order valence-corrected chi connectivity index (χ0v) is 8.25. The van der Waals surface area contributed by atoms with Gasteiger partial charge in [-0.1, -0.05) is 6.92 Å². The lowest BCUT2D eigenvalue weighted by Crippen LogP contribution is -2.08. The Kier molecular flexibility index (Phi) is 2.17. The minimum atomic E-state index is 0.0867. The van der Waals surface area contributed by atoms with Gasteiger partial charge in [0.05, 0.1) is 0 Å². The van der Waals surface area contributed by atoms with Crippen LogP contribution < -0.4 is 11.5 Å². The molecule has 1 atom stereocenters. The van der Waals surface area contributed by atoms with Crippen LogP contribution in [0.15, 0.2) is 24.3 Å². The first-order chi connectivity index (χ1) is 6.70. The van der Waals surface area contributed by atoms with Gasteiger partial charge in [-0.15, -0.1) is 0 Å². The Hall–Kier alpha value is -1.48. The second kappa shape index (κ2) is 3.35. The average molecular weight is 189 g/mol. The van der Waals surface area contributed by atoms with Crippen molar-refractivity contribution in [3.8, 4) is 0 Å². The van der Waals surface area contributed by atoms with Gasteiger partial charge in [-0.25, -0.2) is 0 Å². The number of aromatic amines is 1.